The normalized spacial score (nSPS) is 9.21. The number of anilines is 1. The van der Waals surface area contributed by atoms with Gasteiger partial charge in [-0.15, -0.1) is 0 Å². The summed E-state index contributed by atoms with van der Waals surface area (Å²) in [7, 11) is 0. The maximum atomic E-state index is 13.1. The Morgan fingerprint density at radius 3 is 2.93 bits per heavy atom. The molecular weight excluding hydrogens is 247 g/mol. The van der Waals surface area contributed by atoms with Crippen LogP contribution in [0.5, 0.6) is 0 Å². The van der Waals surface area contributed by atoms with E-state index in [1.165, 1.54) is 6.07 Å². The van der Waals surface area contributed by atoms with Crippen molar-refractivity contribution >= 4 is 21.6 Å². The average molecular weight is 255 g/mol. The first kappa shape index (κ1) is 10.7. The highest BCUT2D eigenvalue weighted by Crippen LogP contribution is 2.18. The number of nitrogens with one attached hydrogen (secondary N) is 1. The van der Waals surface area contributed by atoms with Gasteiger partial charge in [0.2, 0.25) is 0 Å². The lowest BCUT2D eigenvalue weighted by molar-refractivity contribution is 0.624. The molecule has 0 atom stereocenters. The zero-order valence-electron chi connectivity index (χ0n) is 7.35. The van der Waals surface area contributed by atoms with E-state index in [0.717, 1.165) is 4.48 Å². The second-order valence-electron chi connectivity index (χ2n) is 2.65. The summed E-state index contributed by atoms with van der Waals surface area (Å²) in [6.45, 7) is 4.08. The molecule has 0 heterocycles. The van der Waals surface area contributed by atoms with Gasteiger partial charge in [-0.3, -0.25) is 0 Å². The SMILES string of the molecule is C=C(Br)CNc1cccc(F)c1C#N. The number of hydrogen-bond donors (Lipinski definition) is 1. The second-order valence-corrected chi connectivity index (χ2v) is 3.77. The smallest absolute Gasteiger partial charge is 0.143 e. The Kier molecular flexibility index (Phi) is 3.66. The Labute approximate surface area is 90.2 Å². The van der Waals surface area contributed by atoms with Crippen molar-refractivity contribution < 1.29 is 4.39 Å². The molecule has 0 bridgehead atoms. The Morgan fingerprint density at radius 2 is 2.36 bits per heavy atom. The Morgan fingerprint density at radius 1 is 1.64 bits per heavy atom. The molecule has 0 aromatic heterocycles. The van der Waals surface area contributed by atoms with Gasteiger partial charge in [0, 0.05) is 11.0 Å². The van der Waals surface area contributed by atoms with Crippen molar-refractivity contribution in [2.45, 2.75) is 0 Å². The molecule has 4 heteroatoms. The van der Waals surface area contributed by atoms with Gasteiger partial charge in [0.05, 0.1) is 5.69 Å². The fourth-order valence-electron chi connectivity index (χ4n) is 0.976. The van der Waals surface area contributed by atoms with Crippen LogP contribution in [0.3, 0.4) is 0 Å². The van der Waals surface area contributed by atoms with E-state index in [9.17, 15) is 4.39 Å². The maximum absolute atomic E-state index is 13.1. The van der Waals surface area contributed by atoms with Gasteiger partial charge in [0.1, 0.15) is 17.4 Å². The molecule has 0 spiro atoms. The van der Waals surface area contributed by atoms with Crippen LogP contribution in [0, 0.1) is 17.1 Å². The quantitative estimate of drug-likeness (QED) is 0.901. The van der Waals surface area contributed by atoms with Gasteiger partial charge in [-0.05, 0) is 12.1 Å². The number of nitriles is 1. The largest absolute Gasteiger partial charge is 0.379 e. The van der Waals surface area contributed by atoms with Crippen LogP contribution in [0.15, 0.2) is 29.3 Å². The molecule has 0 amide bonds. The molecule has 1 rings (SSSR count). The summed E-state index contributed by atoms with van der Waals surface area (Å²) in [4.78, 5) is 0. The van der Waals surface area contributed by atoms with Gasteiger partial charge in [0.15, 0.2) is 0 Å². The van der Waals surface area contributed by atoms with E-state index in [1.54, 1.807) is 18.2 Å². The zero-order valence-corrected chi connectivity index (χ0v) is 8.94. The van der Waals surface area contributed by atoms with E-state index >= 15 is 0 Å². The molecule has 0 saturated carbocycles. The van der Waals surface area contributed by atoms with Crippen LogP contribution < -0.4 is 5.32 Å². The topological polar surface area (TPSA) is 35.8 Å². The molecule has 1 N–H and O–H groups in total. The van der Waals surface area contributed by atoms with Crippen molar-refractivity contribution in [2.24, 2.45) is 0 Å². The lowest BCUT2D eigenvalue weighted by Crippen LogP contribution is -2.03. The van der Waals surface area contributed by atoms with Crippen LogP contribution in [-0.4, -0.2) is 6.54 Å². The van der Waals surface area contributed by atoms with E-state index in [0.29, 0.717) is 12.2 Å². The number of hydrogen-bond acceptors (Lipinski definition) is 2. The van der Waals surface area contributed by atoms with Crippen LogP contribution >= 0.6 is 15.9 Å². The van der Waals surface area contributed by atoms with E-state index in [4.69, 9.17) is 5.26 Å². The van der Waals surface area contributed by atoms with Gasteiger partial charge < -0.3 is 5.32 Å². The monoisotopic (exact) mass is 254 g/mol. The summed E-state index contributed by atoms with van der Waals surface area (Å²) in [6, 6.07) is 6.26. The average Bonchev–Trinajstić information content (AvgIpc) is 2.14. The minimum atomic E-state index is -0.516. The van der Waals surface area contributed by atoms with Crippen molar-refractivity contribution in [2.75, 3.05) is 11.9 Å². The van der Waals surface area contributed by atoms with Crippen molar-refractivity contribution in [1.82, 2.24) is 0 Å². The summed E-state index contributed by atoms with van der Waals surface area (Å²) in [5.41, 5.74) is 0.509. The third-order valence-electron chi connectivity index (χ3n) is 1.60. The molecule has 2 nitrogen and oxygen atoms in total. The van der Waals surface area contributed by atoms with Crippen LogP contribution in [0.25, 0.3) is 0 Å². The molecule has 0 saturated heterocycles. The van der Waals surface area contributed by atoms with Gasteiger partial charge in [0.25, 0.3) is 0 Å². The first-order valence-electron chi connectivity index (χ1n) is 3.91. The first-order chi connectivity index (χ1) is 6.65. The zero-order chi connectivity index (χ0) is 10.6. The summed E-state index contributed by atoms with van der Waals surface area (Å²) in [5.74, 6) is -0.516. The lowest BCUT2D eigenvalue weighted by atomic mass is 10.2. The standard InChI is InChI=1S/C10H8BrFN2/c1-7(11)6-14-10-4-2-3-9(12)8(10)5-13/h2-4,14H,1,6H2. The molecule has 0 radical (unpaired) electrons. The maximum Gasteiger partial charge on any atom is 0.143 e. The third-order valence-corrected chi connectivity index (χ3v) is 1.88. The molecule has 0 aliphatic heterocycles. The summed E-state index contributed by atoms with van der Waals surface area (Å²) in [6.07, 6.45) is 0. The van der Waals surface area contributed by atoms with Crippen LogP contribution in [-0.2, 0) is 0 Å². The minimum absolute atomic E-state index is 0.0289. The van der Waals surface area contributed by atoms with Crippen molar-refractivity contribution in [3.05, 3.63) is 40.6 Å². The highest BCUT2D eigenvalue weighted by atomic mass is 79.9. The lowest BCUT2D eigenvalue weighted by Gasteiger charge is -2.06. The first-order valence-corrected chi connectivity index (χ1v) is 4.70. The fraction of sp³-hybridized carbons (Fsp3) is 0.100. The van der Waals surface area contributed by atoms with E-state index < -0.39 is 5.82 Å². The van der Waals surface area contributed by atoms with Gasteiger partial charge in [-0.25, -0.2) is 4.39 Å². The molecule has 0 aliphatic rings. The highest BCUT2D eigenvalue weighted by molar-refractivity contribution is 9.11. The predicted octanol–water partition coefficient (Wildman–Crippen LogP) is 3.02. The third kappa shape index (κ3) is 2.57. The van der Waals surface area contributed by atoms with Gasteiger partial charge in [-0.2, -0.15) is 5.26 Å². The number of rotatable bonds is 3. The summed E-state index contributed by atoms with van der Waals surface area (Å²) >= 11 is 3.16. The molecule has 0 unspecified atom stereocenters. The Hall–Kier alpha value is -1.34. The number of benzene rings is 1. The van der Waals surface area contributed by atoms with E-state index in [2.05, 4.69) is 27.8 Å². The van der Waals surface area contributed by atoms with Crippen molar-refractivity contribution in [1.29, 1.82) is 5.26 Å². The highest BCUT2D eigenvalue weighted by Gasteiger charge is 2.06. The Balaban J connectivity index is 2.92. The predicted molar refractivity (Wildman–Crippen MR) is 57.7 cm³/mol. The molecule has 14 heavy (non-hydrogen) atoms. The van der Waals surface area contributed by atoms with Gasteiger partial charge >= 0.3 is 0 Å². The number of halogens is 2. The van der Waals surface area contributed by atoms with Crippen LogP contribution in [0.4, 0.5) is 10.1 Å². The summed E-state index contributed by atoms with van der Waals surface area (Å²) in [5, 5.41) is 11.6. The number of nitrogens with zero attached hydrogens (tertiary/aromatic N) is 1. The van der Waals surface area contributed by atoms with E-state index in [1.807, 2.05) is 0 Å². The fourth-order valence-corrected chi connectivity index (χ4v) is 1.12. The van der Waals surface area contributed by atoms with Gasteiger partial charge in [-0.1, -0.05) is 28.6 Å². The molecule has 0 aliphatic carbocycles. The molecule has 1 aromatic carbocycles. The molecular formula is C10H8BrFN2. The van der Waals surface area contributed by atoms with Crippen LogP contribution in [0.1, 0.15) is 5.56 Å². The van der Waals surface area contributed by atoms with Crippen molar-refractivity contribution in [3.8, 4) is 6.07 Å². The summed E-state index contributed by atoms with van der Waals surface area (Å²) < 4.78 is 13.8. The Bertz CT molecular complexity index is 396. The molecule has 1 aromatic rings. The molecule has 72 valence electrons. The van der Waals surface area contributed by atoms with Crippen molar-refractivity contribution in [3.63, 3.8) is 0 Å². The van der Waals surface area contributed by atoms with Crippen LogP contribution in [0.2, 0.25) is 0 Å². The second kappa shape index (κ2) is 4.77. The molecule has 0 fully saturated rings. The van der Waals surface area contributed by atoms with E-state index in [-0.39, 0.29) is 5.56 Å². The minimum Gasteiger partial charge on any atom is -0.379 e.